The first kappa shape index (κ1) is 16.1. The second-order valence-corrected chi connectivity index (χ2v) is 6.07. The van der Waals surface area contributed by atoms with Crippen LogP contribution in [0.25, 0.3) is 11.0 Å². The van der Waals surface area contributed by atoms with Gasteiger partial charge in [-0.15, -0.1) is 0 Å². The van der Waals surface area contributed by atoms with E-state index in [0.29, 0.717) is 12.0 Å². The number of anilines is 1. The maximum Gasteiger partial charge on any atom is 0.416 e. The van der Waals surface area contributed by atoms with Crippen LogP contribution in [-0.2, 0) is 12.6 Å². The molecule has 0 aliphatic carbocycles. The molecule has 0 bridgehead atoms. The number of halogens is 3. The van der Waals surface area contributed by atoms with Crippen molar-refractivity contribution in [3.8, 4) is 6.07 Å². The summed E-state index contributed by atoms with van der Waals surface area (Å²) in [5, 5.41) is 12.1. The SMILES string of the molecule is N#Cc1ccc2c(c1)CC(c1nc3cc(C(F)(F)F)ccc3[nH]c1=O)N2. The number of hydrogen-bond acceptors (Lipinski definition) is 4. The first-order valence-corrected chi connectivity index (χ1v) is 7.76. The number of nitriles is 1. The number of fused-ring (bicyclic) bond motifs is 2. The van der Waals surface area contributed by atoms with Gasteiger partial charge in [0.1, 0.15) is 5.69 Å². The summed E-state index contributed by atoms with van der Waals surface area (Å²) in [6.07, 6.45) is -4.06. The van der Waals surface area contributed by atoms with Gasteiger partial charge < -0.3 is 10.3 Å². The van der Waals surface area contributed by atoms with Crippen molar-refractivity contribution in [2.24, 2.45) is 0 Å². The summed E-state index contributed by atoms with van der Waals surface area (Å²) in [5.41, 5.74) is 1.30. The molecule has 2 heterocycles. The van der Waals surface area contributed by atoms with E-state index in [-0.39, 0.29) is 16.7 Å². The summed E-state index contributed by atoms with van der Waals surface area (Å²) in [7, 11) is 0. The highest BCUT2D eigenvalue weighted by Crippen LogP contribution is 2.34. The Hall–Kier alpha value is -3.34. The van der Waals surface area contributed by atoms with E-state index >= 15 is 0 Å². The Morgan fingerprint density at radius 3 is 2.73 bits per heavy atom. The van der Waals surface area contributed by atoms with Crippen LogP contribution < -0.4 is 10.9 Å². The van der Waals surface area contributed by atoms with Crippen molar-refractivity contribution in [1.29, 1.82) is 5.26 Å². The molecular formula is C18H11F3N4O. The average molecular weight is 356 g/mol. The molecule has 26 heavy (non-hydrogen) atoms. The van der Waals surface area contributed by atoms with Crippen molar-refractivity contribution in [1.82, 2.24) is 9.97 Å². The Balaban J connectivity index is 1.76. The minimum atomic E-state index is -4.48. The van der Waals surface area contributed by atoms with Crippen molar-refractivity contribution in [2.75, 3.05) is 5.32 Å². The predicted molar refractivity (Wildman–Crippen MR) is 88.6 cm³/mol. The van der Waals surface area contributed by atoms with Crippen molar-refractivity contribution in [3.05, 3.63) is 69.1 Å². The van der Waals surface area contributed by atoms with Gasteiger partial charge in [0.25, 0.3) is 5.56 Å². The molecule has 0 amide bonds. The lowest BCUT2D eigenvalue weighted by Gasteiger charge is -2.12. The minimum Gasteiger partial charge on any atom is -0.376 e. The second-order valence-electron chi connectivity index (χ2n) is 6.07. The molecule has 0 spiro atoms. The number of H-pyrrole nitrogens is 1. The van der Waals surface area contributed by atoms with E-state index in [9.17, 15) is 18.0 Å². The molecule has 1 unspecified atom stereocenters. The Morgan fingerprint density at radius 2 is 2.00 bits per heavy atom. The minimum absolute atomic E-state index is 0.0740. The van der Waals surface area contributed by atoms with E-state index in [4.69, 9.17) is 5.26 Å². The summed E-state index contributed by atoms with van der Waals surface area (Å²) >= 11 is 0. The number of benzene rings is 2. The molecule has 0 saturated carbocycles. The van der Waals surface area contributed by atoms with E-state index in [1.165, 1.54) is 6.07 Å². The maximum absolute atomic E-state index is 12.9. The largest absolute Gasteiger partial charge is 0.416 e. The summed E-state index contributed by atoms with van der Waals surface area (Å²) in [4.78, 5) is 19.1. The number of hydrogen-bond donors (Lipinski definition) is 2. The predicted octanol–water partition coefficient (Wildman–Crippen LogP) is 3.52. The standard InChI is InChI=1S/C18H11F3N4O/c19-18(20,21)11-2-4-13-14(7-11)24-16(17(26)25-13)15-6-10-5-9(8-22)1-3-12(10)23-15/h1-5,7,15,23H,6H2,(H,25,26). The summed E-state index contributed by atoms with van der Waals surface area (Å²) in [5.74, 6) is 0. The quantitative estimate of drug-likeness (QED) is 0.699. The zero-order valence-corrected chi connectivity index (χ0v) is 13.2. The molecule has 1 atom stereocenters. The highest BCUT2D eigenvalue weighted by atomic mass is 19.4. The van der Waals surface area contributed by atoms with Crippen LogP contribution in [0.4, 0.5) is 18.9 Å². The molecule has 4 rings (SSSR count). The highest BCUT2D eigenvalue weighted by Gasteiger charge is 2.31. The molecule has 1 aliphatic rings. The van der Waals surface area contributed by atoms with Crippen LogP contribution in [0.5, 0.6) is 0 Å². The molecular weight excluding hydrogens is 345 g/mol. The van der Waals surface area contributed by atoms with Gasteiger partial charge in [-0.25, -0.2) is 4.98 Å². The monoisotopic (exact) mass is 356 g/mol. The molecule has 8 heteroatoms. The zero-order valence-electron chi connectivity index (χ0n) is 13.2. The number of nitrogens with one attached hydrogen (secondary N) is 2. The Morgan fingerprint density at radius 1 is 1.19 bits per heavy atom. The van der Waals surface area contributed by atoms with Gasteiger partial charge in [-0.2, -0.15) is 18.4 Å². The number of rotatable bonds is 1. The topological polar surface area (TPSA) is 81.6 Å². The number of alkyl halides is 3. The third kappa shape index (κ3) is 2.67. The second kappa shape index (κ2) is 5.59. The van der Waals surface area contributed by atoms with E-state index in [0.717, 1.165) is 23.4 Å². The van der Waals surface area contributed by atoms with E-state index < -0.39 is 23.3 Å². The number of aromatic amines is 1. The van der Waals surface area contributed by atoms with Crippen LogP contribution in [0.2, 0.25) is 0 Å². The molecule has 130 valence electrons. The first-order valence-electron chi connectivity index (χ1n) is 7.76. The lowest BCUT2D eigenvalue weighted by atomic mass is 10.1. The molecule has 3 aromatic rings. The number of aromatic nitrogens is 2. The smallest absolute Gasteiger partial charge is 0.376 e. The third-order valence-electron chi connectivity index (χ3n) is 4.36. The molecule has 0 radical (unpaired) electrons. The molecule has 2 N–H and O–H groups in total. The van der Waals surface area contributed by atoms with Crippen LogP contribution >= 0.6 is 0 Å². The fraction of sp³-hybridized carbons (Fsp3) is 0.167. The fourth-order valence-corrected chi connectivity index (χ4v) is 3.11. The Labute approximate surface area is 145 Å². The molecule has 2 aromatic carbocycles. The van der Waals surface area contributed by atoms with Crippen molar-refractivity contribution >= 4 is 16.7 Å². The van der Waals surface area contributed by atoms with Crippen LogP contribution in [0, 0.1) is 11.3 Å². The van der Waals surface area contributed by atoms with Gasteiger partial charge >= 0.3 is 6.18 Å². The zero-order chi connectivity index (χ0) is 18.5. The normalized spacial score (nSPS) is 16.2. The van der Waals surface area contributed by atoms with Crippen LogP contribution in [-0.4, -0.2) is 9.97 Å². The van der Waals surface area contributed by atoms with Gasteiger partial charge in [0.05, 0.1) is 34.3 Å². The Bertz CT molecular complexity index is 1130. The Kier molecular flexibility index (Phi) is 3.47. The molecule has 0 fully saturated rings. The lowest BCUT2D eigenvalue weighted by molar-refractivity contribution is -0.137. The van der Waals surface area contributed by atoms with Gasteiger partial charge in [-0.05, 0) is 42.0 Å². The molecule has 1 aliphatic heterocycles. The van der Waals surface area contributed by atoms with Crippen LogP contribution in [0.15, 0.2) is 41.2 Å². The maximum atomic E-state index is 12.9. The van der Waals surface area contributed by atoms with Crippen molar-refractivity contribution < 1.29 is 13.2 Å². The van der Waals surface area contributed by atoms with E-state index in [2.05, 4.69) is 15.3 Å². The van der Waals surface area contributed by atoms with Gasteiger partial charge in [0.2, 0.25) is 0 Å². The number of nitrogens with zero attached hydrogens (tertiary/aromatic N) is 2. The van der Waals surface area contributed by atoms with E-state index in [1.54, 1.807) is 18.2 Å². The first-order chi connectivity index (χ1) is 12.3. The van der Waals surface area contributed by atoms with Crippen LogP contribution in [0.3, 0.4) is 0 Å². The van der Waals surface area contributed by atoms with Crippen LogP contribution in [0.1, 0.15) is 28.4 Å². The van der Waals surface area contributed by atoms with Gasteiger partial charge in [-0.1, -0.05) is 0 Å². The molecule has 0 saturated heterocycles. The summed E-state index contributed by atoms with van der Waals surface area (Å²) in [6.45, 7) is 0. The van der Waals surface area contributed by atoms with Crippen molar-refractivity contribution in [2.45, 2.75) is 18.6 Å². The average Bonchev–Trinajstić information content (AvgIpc) is 3.02. The third-order valence-corrected chi connectivity index (χ3v) is 4.36. The fourth-order valence-electron chi connectivity index (χ4n) is 3.11. The molecule has 1 aromatic heterocycles. The van der Waals surface area contributed by atoms with Gasteiger partial charge in [0.15, 0.2) is 0 Å². The van der Waals surface area contributed by atoms with Crippen molar-refractivity contribution in [3.63, 3.8) is 0 Å². The highest BCUT2D eigenvalue weighted by molar-refractivity contribution is 5.75. The molecule has 5 nitrogen and oxygen atoms in total. The van der Waals surface area contributed by atoms with E-state index in [1.807, 2.05) is 6.07 Å². The van der Waals surface area contributed by atoms with Gasteiger partial charge in [0, 0.05) is 12.1 Å². The lowest BCUT2D eigenvalue weighted by Crippen LogP contribution is -2.22. The van der Waals surface area contributed by atoms with Gasteiger partial charge in [-0.3, -0.25) is 4.79 Å². The summed E-state index contributed by atoms with van der Waals surface area (Å²) < 4.78 is 38.7. The summed E-state index contributed by atoms with van der Waals surface area (Å²) in [6, 6.07) is 9.73.